The number of carbonyl (C=O) groups excluding carboxylic acids is 2. The number of primary amides is 1. The minimum Gasteiger partial charge on any atom is -0.365 e. The molecule has 3 aromatic rings. The van der Waals surface area contributed by atoms with Crippen molar-refractivity contribution in [3.63, 3.8) is 0 Å². The second-order valence-corrected chi connectivity index (χ2v) is 5.99. The maximum atomic E-state index is 11.6. The molecule has 2 heterocycles. The van der Waals surface area contributed by atoms with Gasteiger partial charge < -0.3 is 26.9 Å². The van der Waals surface area contributed by atoms with Crippen molar-refractivity contribution in [2.24, 2.45) is 11.5 Å². The van der Waals surface area contributed by atoms with E-state index in [1.807, 2.05) is 18.2 Å². The number of hydrogen-bond donors (Lipinski definition) is 4. The molecule has 9 nitrogen and oxygen atoms in total. The zero-order valence-electron chi connectivity index (χ0n) is 13.0. The molecule has 0 saturated carbocycles. The molecule has 0 saturated heterocycles. The first kappa shape index (κ1) is 16.7. The normalized spacial score (nSPS) is 11.9. The van der Waals surface area contributed by atoms with Crippen LogP contribution >= 0.6 is 11.3 Å². The van der Waals surface area contributed by atoms with E-state index in [1.165, 1.54) is 17.5 Å². The van der Waals surface area contributed by atoms with Gasteiger partial charge in [0.2, 0.25) is 5.95 Å². The third kappa shape index (κ3) is 3.70. The average molecular weight is 357 g/mol. The molecule has 0 bridgehead atoms. The van der Waals surface area contributed by atoms with E-state index in [9.17, 15) is 9.59 Å². The van der Waals surface area contributed by atoms with Crippen LogP contribution in [-0.4, -0.2) is 39.7 Å². The smallest absolute Gasteiger partial charge is 0.254 e. The molecule has 0 unspecified atom stereocenters. The molecule has 0 spiro atoms. The second-order valence-electron chi connectivity index (χ2n) is 5.10. The molecular weight excluding hydrogens is 342 g/mol. The molecule has 0 radical (unpaired) electrons. The summed E-state index contributed by atoms with van der Waals surface area (Å²) in [6.45, 7) is 0.0925. The van der Waals surface area contributed by atoms with Crippen LogP contribution in [0.5, 0.6) is 0 Å². The number of aldehydes is 1. The largest absolute Gasteiger partial charge is 0.365 e. The van der Waals surface area contributed by atoms with Crippen LogP contribution in [0.3, 0.4) is 0 Å². The van der Waals surface area contributed by atoms with E-state index in [2.05, 4.69) is 25.6 Å². The fourth-order valence-electron chi connectivity index (χ4n) is 2.11. The number of nitrogens with zero attached hydrogens (tertiary/aromatic N) is 3. The Morgan fingerprint density at radius 1 is 1.36 bits per heavy atom. The molecule has 1 atom stereocenters. The Bertz CT molecular complexity index is 927. The van der Waals surface area contributed by atoms with Crippen molar-refractivity contribution >= 4 is 51.2 Å². The van der Waals surface area contributed by atoms with Crippen molar-refractivity contribution in [3.8, 4) is 0 Å². The molecular formula is C15H15N7O2S. The lowest BCUT2D eigenvalue weighted by Crippen LogP contribution is -2.31. The number of thiazole rings is 1. The van der Waals surface area contributed by atoms with Gasteiger partial charge in [-0.15, -0.1) is 11.3 Å². The molecule has 6 N–H and O–H groups in total. The van der Waals surface area contributed by atoms with E-state index < -0.39 is 11.9 Å². The fourth-order valence-corrected chi connectivity index (χ4v) is 2.83. The number of fused-ring (bicyclic) bond motifs is 1. The highest BCUT2D eigenvalue weighted by atomic mass is 32.1. The number of amides is 1. The number of nitrogens with one attached hydrogen (secondary N) is 2. The first-order chi connectivity index (χ1) is 12.1. The van der Waals surface area contributed by atoms with Crippen LogP contribution in [0.25, 0.3) is 10.2 Å². The SMILES string of the molecule is NC[C@H](C=O)Nc1ncc(C(N)=O)c(Nc2ccc3ncsc3c2)n1. The molecule has 1 aromatic carbocycles. The van der Waals surface area contributed by atoms with E-state index in [4.69, 9.17) is 11.5 Å². The van der Waals surface area contributed by atoms with Gasteiger partial charge in [0.05, 0.1) is 21.8 Å². The lowest BCUT2D eigenvalue weighted by Gasteiger charge is -2.13. The van der Waals surface area contributed by atoms with Crippen LogP contribution in [-0.2, 0) is 4.79 Å². The highest BCUT2D eigenvalue weighted by molar-refractivity contribution is 7.16. The van der Waals surface area contributed by atoms with Gasteiger partial charge in [-0.25, -0.2) is 9.97 Å². The van der Waals surface area contributed by atoms with E-state index in [0.29, 0.717) is 6.29 Å². The molecule has 1 amide bonds. The van der Waals surface area contributed by atoms with Crippen LogP contribution < -0.4 is 22.1 Å². The number of hydrogen-bond acceptors (Lipinski definition) is 9. The number of anilines is 3. The number of aromatic nitrogens is 3. The van der Waals surface area contributed by atoms with Crippen molar-refractivity contribution in [1.82, 2.24) is 15.0 Å². The number of rotatable bonds is 7. The summed E-state index contributed by atoms with van der Waals surface area (Å²) < 4.78 is 0.988. The minimum atomic E-state index is -0.668. The zero-order chi connectivity index (χ0) is 17.8. The highest BCUT2D eigenvalue weighted by Gasteiger charge is 2.14. The van der Waals surface area contributed by atoms with Gasteiger partial charge >= 0.3 is 0 Å². The molecule has 10 heteroatoms. The van der Waals surface area contributed by atoms with Crippen LogP contribution in [0, 0.1) is 0 Å². The topological polar surface area (TPSA) is 149 Å². The van der Waals surface area contributed by atoms with E-state index in [-0.39, 0.29) is 23.9 Å². The number of nitrogens with two attached hydrogens (primary N) is 2. The van der Waals surface area contributed by atoms with Crippen LogP contribution in [0.15, 0.2) is 29.9 Å². The van der Waals surface area contributed by atoms with Gasteiger partial charge in [-0.2, -0.15) is 4.98 Å². The monoisotopic (exact) mass is 357 g/mol. The van der Waals surface area contributed by atoms with Crippen molar-refractivity contribution in [3.05, 3.63) is 35.5 Å². The van der Waals surface area contributed by atoms with Crippen LogP contribution in [0.1, 0.15) is 10.4 Å². The lowest BCUT2D eigenvalue weighted by atomic mass is 10.2. The first-order valence-corrected chi connectivity index (χ1v) is 8.17. The predicted molar refractivity (Wildman–Crippen MR) is 96.0 cm³/mol. The molecule has 0 aliphatic heterocycles. The Morgan fingerprint density at radius 2 is 2.20 bits per heavy atom. The van der Waals surface area contributed by atoms with Gasteiger partial charge in [0, 0.05) is 18.4 Å². The van der Waals surface area contributed by atoms with Gasteiger partial charge in [-0.3, -0.25) is 4.79 Å². The van der Waals surface area contributed by atoms with Gasteiger partial charge in [-0.1, -0.05) is 0 Å². The third-order valence-corrected chi connectivity index (χ3v) is 4.17. The van der Waals surface area contributed by atoms with E-state index in [0.717, 1.165) is 15.9 Å². The standard InChI is InChI=1S/C15H15N7O2S/c16-4-9(6-23)21-15-18-5-10(13(17)24)14(22-15)20-8-1-2-11-12(3-8)25-7-19-11/h1-3,5-7,9H,4,16H2,(H2,17,24)(H2,18,20,21,22)/t9-/m1/s1. The quantitative estimate of drug-likeness (QED) is 0.455. The van der Waals surface area contributed by atoms with Crippen LogP contribution in [0.2, 0.25) is 0 Å². The van der Waals surface area contributed by atoms with Gasteiger partial charge in [0.25, 0.3) is 5.91 Å². The Morgan fingerprint density at radius 3 is 2.92 bits per heavy atom. The summed E-state index contributed by atoms with van der Waals surface area (Å²) in [6, 6.07) is 4.94. The fraction of sp³-hybridized carbons (Fsp3) is 0.133. The van der Waals surface area contributed by atoms with Crippen LogP contribution in [0.4, 0.5) is 17.5 Å². The molecule has 25 heavy (non-hydrogen) atoms. The average Bonchev–Trinajstić information content (AvgIpc) is 3.07. The third-order valence-electron chi connectivity index (χ3n) is 3.38. The second kappa shape index (κ2) is 7.20. The van der Waals surface area contributed by atoms with Gasteiger partial charge in [-0.05, 0) is 18.2 Å². The molecule has 0 aliphatic carbocycles. The minimum absolute atomic E-state index is 0.0925. The van der Waals surface area contributed by atoms with Crippen molar-refractivity contribution in [2.75, 3.05) is 17.2 Å². The summed E-state index contributed by atoms with van der Waals surface area (Å²) in [4.78, 5) is 35.0. The Hall–Kier alpha value is -3.11. The predicted octanol–water partition coefficient (Wildman–Crippen LogP) is 0.867. The zero-order valence-corrected chi connectivity index (χ0v) is 13.8. The molecule has 0 fully saturated rings. The van der Waals surface area contributed by atoms with E-state index >= 15 is 0 Å². The molecule has 2 aromatic heterocycles. The summed E-state index contributed by atoms with van der Waals surface area (Å²) in [5, 5.41) is 5.83. The van der Waals surface area contributed by atoms with Crippen molar-refractivity contribution in [1.29, 1.82) is 0 Å². The van der Waals surface area contributed by atoms with Gasteiger partial charge in [0.15, 0.2) is 0 Å². The first-order valence-electron chi connectivity index (χ1n) is 7.29. The summed E-state index contributed by atoms with van der Waals surface area (Å²) >= 11 is 1.50. The Labute approximate surface area is 146 Å². The maximum Gasteiger partial charge on any atom is 0.254 e. The van der Waals surface area contributed by atoms with Crippen molar-refractivity contribution in [2.45, 2.75) is 6.04 Å². The maximum absolute atomic E-state index is 11.6. The number of carbonyl (C=O) groups is 2. The molecule has 0 aliphatic rings. The summed E-state index contributed by atoms with van der Waals surface area (Å²) in [7, 11) is 0. The summed E-state index contributed by atoms with van der Waals surface area (Å²) in [5.74, 6) is -0.275. The lowest BCUT2D eigenvalue weighted by molar-refractivity contribution is -0.108. The Balaban J connectivity index is 1.93. The molecule has 3 rings (SSSR count). The Kier molecular flexibility index (Phi) is 4.82. The highest BCUT2D eigenvalue weighted by Crippen LogP contribution is 2.25. The molecule has 128 valence electrons. The van der Waals surface area contributed by atoms with E-state index in [1.54, 1.807) is 5.51 Å². The van der Waals surface area contributed by atoms with Gasteiger partial charge in [0.1, 0.15) is 17.7 Å². The summed E-state index contributed by atoms with van der Waals surface area (Å²) in [6.07, 6.45) is 1.96. The number of benzene rings is 1. The summed E-state index contributed by atoms with van der Waals surface area (Å²) in [5.41, 5.74) is 14.3. The van der Waals surface area contributed by atoms with Crippen molar-refractivity contribution < 1.29 is 9.59 Å².